The van der Waals surface area contributed by atoms with Gasteiger partial charge < -0.3 is 15.3 Å². The highest BCUT2D eigenvalue weighted by molar-refractivity contribution is 5.95. The van der Waals surface area contributed by atoms with Gasteiger partial charge in [0.1, 0.15) is 5.75 Å². The molecule has 2 aliphatic rings. The molecule has 0 bridgehead atoms. The number of rotatable bonds is 2. The van der Waals surface area contributed by atoms with Crippen LogP contribution >= 0.6 is 0 Å². The Morgan fingerprint density at radius 1 is 1.08 bits per heavy atom. The van der Waals surface area contributed by atoms with Crippen molar-refractivity contribution >= 4 is 11.6 Å². The molecule has 4 heteroatoms. The van der Waals surface area contributed by atoms with Crippen molar-refractivity contribution in [3.05, 3.63) is 24.3 Å². The summed E-state index contributed by atoms with van der Waals surface area (Å²) < 4.78 is 0. The van der Waals surface area contributed by atoms with Gasteiger partial charge in [-0.05, 0) is 43.2 Å². The maximum Gasteiger partial charge on any atom is 0.198 e. The zero-order valence-electron chi connectivity index (χ0n) is 15.0. The van der Waals surface area contributed by atoms with E-state index in [9.17, 15) is 5.11 Å². The van der Waals surface area contributed by atoms with E-state index in [1.54, 1.807) is 6.07 Å². The summed E-state index contributed by atoms with van der Waals surface area (Å²) in [5.74, 6) is 2.58. The van der Waals surface area contributed by atoms with Gasteiger partial charge >= 0.3 is 0 Å². The van der Waals surface area contributed by atoms with E-state index >= 15 is 0 Å². The molecule has 1 aliphatic heterocycles. The highest BCUT2D eigenvalue weighted by Crippen LogP contribution is 2.27. The van der Waals surface area contributed by atoms with E-state index < -0.39 is 0 Å². The molecule has 0 spiro atoms. The fraction of sp³-hybridized carbons (Fsp3) is 0.650. The van der Waals surface area contributed by atoms with Crippen molar-refractivity contribution in [2.75, 3.05) is 18.4 Å². The molecule has 1 heterocycles. The number of aliphatic imine (C=N–C) groups is 1. The number of hydrogen-bond acceptors (Lipinski definition) is 2. The van der Waals surface area contributed by atoms with Crippen molar-refractivity contribution in [3.63, 3.8) is 0 Å². The zero-order valence-corrected chi connectivity index (χ0v) is 15.0. The number of anilines is 1. The third-order valence-electron chi connectivity index (χ3n) is 5.20. The molecule has 132 valence electrons. The van der Waals surface area contributed by atoms with Crippen LogP contribution in [0.25, 0.3) is 0 Å². The third kappa shape index (κ3) is 4.43. The first kappa shape index (κ1) is 17.1. The second-order valence-electron chi connectivity index (χ2n) is 7.74. The number of guanidine groups is 1. The van der Waals surface area contributed by atoms with Crippen LogP contribution in [0.2, 0.25) is 0 Å². The number of aromatic hydroxyl groups is 1. The number of nitrogens with one attached hydrogen (secondary N) is 1. The molecule has 1 saturated heterocycles. The van der Waals surface area contributed by atoms with E-state index in [-0.39, 0.29) is 5.75 Å². The molecule has 1 saturated carbocycles. The summed E-state index contributed by atoms with van der Waals surface area (Å²) in [5, 5.41) is 13.6. The summed E-state index contributed by atoms with van der Waals surface area (Å²) in [6, 6.07) is 7.86. The topological polar surface area (TPSA) is 47.9 Å². The molecular formula is C20H31N3O. The van der Waals surface area contributed by atoms with Gasteiger partial charge in [0.25, 0.3) is 0 Å². The number of para-hydroxylation sites is 2. The highest BCUT2D eigenvalue weighted by atomic mass is 16.3. The van der Waals surface area contributed by atoms with Crippen molar-refractivity contribution in [2.45, 2.75) is 58.4 Å². The summed E-state index contributed by atoms with van der Waals surface area (Å²) >= 11 is 0. The predicted molar refractivity (Wildman–Crippen MR) is 101 cm³/mol. The molecule has 2 unspecified atom stereocenters. The number of phenolic OH excluding ortho intramolecular Hbond substituents is 1. The number of benzene rings is 1. The fourth-order valence-electron chi connectivity index (χ4n) is 4.11. The maximum atomic E-state index is 10.1. The lowest BCUT2D eigenvalue weighted by Gasteiger charge is -2.38. The minimum atomic E-state index is 0.284. The monoisotopic (exact) mass is 329 g/mol. The van der Waals surface area contributed by atoms with E-state index in [1.165, 1.54) is 38.5 Å². The molecule has 1 aromatic carbocycles. The maximum absolute atomic E-state index is 10.1. The second-order valence-corrected chi connectivity index (χ2v) is 7.74. The Labute approximate surface area is 146 Å². The van der Waals surface area contributed by atoms with Crippen LogP contribution < -0.4 is 5.32 Å². The van der Waals surface area contributed by atoms with Crippen LogP contribution in [-0.2, 0) is 0 Å². The summed E-state index contributed by atoms with van der Waals surface area (Å²) in [7, 11) is 0. The molecule has 0 aromatic heterocycles. The number of likely N-dealkylation sites (tertiary alicyclic amines) is 1. The van der Waals surface area contributed by atoms with Gasteiger partial charge in [-0.15, -0.1) is 0 Å². The number of nitrogens with zero attached hydrogens (tertiary/aromatic N) is 2. The van der Waals surface area contributed by atoms with Crippen LogP contribution in [0.5, 0.6) is 5.75 Å². The largest absolute Gasteiger partial charge is 0.506 e. The number of phenols is 1. The fourth-order valence-corrected chi connectivity index (χ4v) is 4.11. The summed E-state index contributed by atoms with van der Waals surface area (Å²) in [6.45, 7) is 6.72. The lowest BCUT2D eigenvalue weighted by molar-refractivity contribution is 0.212. The Morgan fingerprint density at radius 3 is 2.42 bits per heavy atom. The lowest BCUT2D eigenvalue weighted by atomic mass is 9.92. The molecular weight excluding hydrogens is 298 g/mol. The normalized spacial score (nSPS) is 26.4. The number of piperidine rings is 1. The molecule has 0 radical (unpaired) electrons. The van der Waals surface area contributed by atoms with E-state index in [2.05, 4.69) is 24.1 Å². The van der Waals surface area contributed by atoms with E-state index in [0.29, 0.717) is 17.9 Å². The SMILES string of the molecule is CC1CC(C)CN(C(=NC2CCCCC2)Nc2ccccc2O)C1. The quantitative estimate of drug-likeness (QED) is 0.478. The minimum absolute atomic E-state index is 0.284. The molecule has 2 atom stereocenters. The standard InChI is InChI=1S/C20H31N3O/c1-15-12-16(2)14-23(13-15)20(21-17-8-4-3-5-9-17)22-18-10-6-7-11-19(18)24/h6-7,10-11,15-17,24H,3-5,8-9,12-14H2,1-2H3,(H,21,22). The zero-order chi connectivity index (χ0) is 16.9. The summed E-state index contributed by atoms with van der Waals surface area (Å²) in [6.07, 6.45) is 7.56. The van der Waals surface area contributed by atoms with Gasteiger partial charge in [-0.3, -0.25) is 0 Å². The van der Waals surface area contributed by atoms with E-state index in [4.69, 9.17) is 4.99 Å². The van der Waals surface area contributed by atoms with Gasteiger partial charge in [0.05, 0.1) is 11.7 Å². The Bertz CT molecular complexity index is 556. The molecule has 24 heavy (non-hydrogen) atoms. The molecule has 3 rings (SSSR count). The van der Waals surface area contributed by atoms with Crippen LogP contribution in [-0.4, -0.2) is 35.1 Å². The average Bonchev–Trinajstić information content (AvgIpc) is 2.56. The van der Waals surface area contributed by atoms with Gasteiger partial charge in [-0.25, -0.2) is 4.99 Å². The van der Waals surface area contributed by atoms with Crippen molar-refractivity contribution in [1.82, 2.24) is 4.90 Å². The first-order chi connectivity index (χ1) is 11.6. The Hall–Kier alpha value is -1.71. The molecule has 0 amide bonds. The molecule has 2 N–H and O–H groups in total. The molecule has 1 aliphatic carbocycles. The van der Waals surface area contributed by atoms with Crippen LogP contribution in [0.3, 0.4) is 0 Å². The Balaban J connectivity index is 1.82. The molecule has 4 nitrogen and oxygen atoms in total. The first-order valence-corrected chi connectivity index (χ1v) is 9.49. The van der Waals surface area contributed by atoms with Gasteiger partial charge in [0.15, 0.2) is 5.96 Å². The van der Waals surface area contributed by atoms with Crippen LogP contribution in [0.15, 0.2) is 29.3 Å². The average molecular weight is 329 g/mol. The van der Waals surface area contributed by atoms with Crippen LogP contribution in [0, 0.1) is 11.8 Å². The Kier molecular flexibility index (Phi) is 5.64. The van der Waals surface area contributed by atoms with Gasteiger partial charge in [-0.1, -0.05) is 45.2 Å². The Morgan fingerprint density at radius 2 is 1.75 bits per heavy atom. The van der Waals surface area contributed by atoms with Gasteiger partial charge in [0, 0.05) is 13.1 Å². The van der Waals surface area contributed by atoms with Crippen molar-refractivity contribution < 1.29 is 5.11 Å². The molecule has 2 fully saturated rings. The second kappa shape index (κ2) is 7.91. The van der Waals surface area contributed by atoms with Crippen molar-refractivity contribution in [1.29, 1.82) is 0 Å². The highest BCUT2D eigenvalue weighted by Gasteiger charge is 2.26. The van der Waals surface area contributed by atoms with E-state index in [0.717, 1.165) is 24.7 Å². The van der Waals surface area contributed by atoms with Crippen LogP contribution in [0.1, 0.15) is 52.4 Å². The third-order valence-corrected chi connectivity index (χ3v) is 5.20. The van der Waals surface area contributed by atoms with Crippen molar-refractivity contribution in [3.8, 4) is 5.75 Å². The smallest absolute Gasteiger partial charge is 0.198 e. The predicted octanol–water partition coefficient (Wildman–Crippen LogP) is 4.47. The summed E-state index contributed by atoms with van der Waals surface area (Å²) in [5.41, 5.74) is 0.748. The molecule has 1 aromatic rings. The van der Waals surface area contributed by atoms with E-state index in [1.807, 2.05) is 18.2 Å². The van der Waals surface area contributed by atoms with Crippen molar-refractivity contribution in [2.24, 2.45) is 16.8 Å². The minimum Gasteiger partial charge on any atom is -0.506 e. The van der Waals surface area contributed by atoms with Crippen LogP contribution in [0.4, 0.5) is 5.69 Å². The first-order valence-electron chi connectivity index (χ1n) is 9.49. The van der Waals surface area contributed by atoms with Gasteiger partial charge in [0.2, 0.25) is 0 Å². The van der Waals surface area contributed by atoms with Gasteiger partial charge in [-0.2, -0.15) is 0 Å². The number of hydrogen-bond donors (Lipinski definition) is 2. The lowest BCUT2D eigenvalue weighted by Crippen LogP contribution is -2.46. The summed E-state index contributed by atoms with van der Waals surface area (Å²) in [4.78, 5) is 7.47.